The third-order valence-corrected chi connectivity index (χ3v) is 0.268. The van der Waals surface area contributed by atoms with Crippen LogP contribution in [0.25, 0.3) is 0 Å². The lowest BCUT2D eigenvalue weighted by molar-refractivity contribution is 0.857. The summed E-state index contributed by atoms with van der Waals surface area (Å²) in [5, 5.41) is 9.96. The highest BCUT2D eigenvalue weighted by Crippen LogP contribution is 1.68. The Morgan fingerprint density at radius 2 is 2.83 bits per heavy atom. The Kier molecular flexibility index (Phi) is 2.37. The van der Waals surface area contributed by atoms with Crippen molar-refractivity contribution in [2.75, 3.05) is 13.7 Å². The first-order valence-electron chi connectivity index (χ1n) is 1.93. The van der Waals surface area contributed by atoms with Crippen molar-refractivity contribution in [2.24, 2.45) is 15.3 Å². The van der Waals surface area contributed by atoms with Crippen molar-refractivity contribution in [3.8, 4) is 0 Å². The molecule has 0 aliphatic heterocycles. The molecule has 4 nitrogen and oxygen atoms in total. The first-order valence-corrected chi connectivity index (χ1v) is 1.48. The maximum atomic E-state index is 6.14. The maximum absolute atomic E-state index is 6.14. The van der Waals surface area contributed by atoms with E-state index < -0.39 is 0 Å². The number of azo groups is 1. The summed E-state index contributed by atoms with van der Waals surface area (Å²) in [5.41, 5.74) is 2.69. The molecule has 0 fully saturated rings. The molecule has 1 N–H and O–H groups in total. The Balaban J connectivity index is 2.98. The summed E-state index contributed by atoms with van der Waals surface area (Å²) in [7, 11) is 1.54. The predicted molar refractivity (Wildman–Crippen MR) is 20.8 cm³/mol. The van der Waals surface area contributed by atoms with Gasteiger partial charge in [0.15, 0.2) is 6.67 Å². The number of hydrogen-bond acceptors (Lipinski definition) is 4. The van der Waals surface area contributed by atoms with Crippen molar-refractivity contribution < 1.29 is 1.41 Å². The van der Waals surface area contributed by atoms with Gasteiger partial charge in [0.1, 0.15) is 0 Å². The van der Waals surface area contributed by atoms with Crippen LogP contribution in [0.2, 0.25) is 1.41 Å². The molecule has 0 aromatic heterocycles. The van der Waals surface area contributed by atoms with Crippen LogP contribution in [0.15, 0.2) is 15.3 Å². The fourth-order valence-electron chi connectivity index (χ4n) is 0.0915. The lowest BCUT2D eigenvalue weighted by Crippen LogP contribution is -1.61. The average molecular weight is 87.1 g/mol. The topological polar surface area (TPSA) is 60.9 Å². The molecular formula is C2H6N4. The molecule has 0 aromatic rings. The van der Waals surface area contributed by atoms with E-state index in [0.717, 1.165) is 0 Å². The first-order chi connectivity index (χ1) is 3.41. The minimum Gasteiger partial charge on any atom is -0.208 e. The van der Waals surface area contributed by atoms with Crippen LogP contribution in [0.4, 0.5) is 0 Å². The minimum atomic E-state index is 0.167. The summed E-state index contributed by atoms with van der Waals surface area (Å²) in [4.78, 5) is 0. The van der Waals surface area contributed by atoms with Crippen LogP contribution in [0.1, 0.15) is 0 Å². The molecule has 0 saturated heterocycles. The van der Waals surface area contributed by atoms with E-state index in [4.69, 9.17) is 1.41 Å². The molecule has 0 bridgehead atoms. The van der Waals surface area contributed by atoms with Gasteiger partial charge in [0, 0.05) is 7.05 Å². The van der Waals surface area contributed by atoms with Crippen molar-refractivity contribution in [3.05, 3.63) is 0 Å². The lowest BCUT2D eigenvalue weighted by atomic mass is 11.2. The molecule has 0 amide bonds. The second-order valence-corrected chi connectivity index (χ2v) is 0.624. The van der Waals surface area contributed by atoms with Crippen molar-refractivity contribution in [2.45, 2.75) is 0 Å². The van der Waals surface area contributed by atoms with E-state index in [2.05, 4.69) is 20.9 Å². The van der Waals surface area contributed by atoms with Crippen LogP contribution in [0.5, 0.6) is 0 Å². The van der Waals surface area contributed by atoms with Crippen molar-refractivity contribution >= 4 is 0 Å². The normalized spacial score (nSPS) is 13.8. The lowest BCUT2D eigenvalue weighted by Gasteiger charge is -1.69. The molecule has 0 aliphatic carbocycles. The van der Waals surface area contributed by atoms with Gasteiger partial charge in [-0.15, -0.1) is 0 Å². The molecule has 0 unspecified atom stereocenters. The highest BCUT2D eigenvalue weighted by molar-refractivity contribution is 4.18. The van der Waals surface area contributed by atoms with Gasteiger partial charge in [-0.05, 0) is 0 Å². The molecule has 0 saturated carbocycles. The van der Waals surface area contributed by atoms with Crippen LogP contribution in [0, 0.1) is 5.52 Å². The molecule has 34 valence electrons. The minimum absolute atomic E-state index is 0.167. The van der Waals surface area contributed by atoms with E-state index in [9.17, 15) is 0 Å². The summed E-state index contributed by atoms with van der Waals surface area (Å²) in [6.45, 7) is 0.167. The average Bonchev–Trinajstić information content (AvgIpc) is 1.69. The number of rotatable bonds is 2. The van der Waals surface area contributed by atoms with Gasteiger partial charge < -0.3 is 0 Å². The molecule has 0 aromatic carbocycles. The smallest absolute Gasteiger partial charge is 0.208 e. The number of nitrogens with one attached hydrogen (secondary N) is 1. The second-order valence-electron chi connectivity index (χ2n) is 0.624. The van der Waals surface area contributed by atoms with E-state index in [1.807, 2.05) is 0 Å². The molecule has 0 spiro atoms. The molecule has 0 heterocycles. The third kappa shape index (κ3) is 3.20. The van der Waals surface area contributed by atoms with Gasteiger partial charge in [0.2, 0.25) is 1.41 Å². The molecule has 0 radical (unpaired) electrons. The quantitative estimate of drug-likeness (QED) is 0.489. The standard InChI is InChI=1S/C2H6N4/c1-4-6-2-5-3/h3H,2H2,1H3/b5-3+,6-4+/i/hD. The molecular weight excluding hydrogens is 80.0 g/mol. The SMILES string of the molecule is [2H]/N=N/C/N=N/C. The van der Waals surface area contributed by atoms with E-state index in [0.29, 0.717) is 0 Å². The number of hydrogen-bond donors (Lipinski definition) is 1. The van der Waals surface area contributed by atoms with Crippen LogP contribution < -0.4 is 0 Å². The van der Waals surface area contributed by atoms with Crippen LogP contribution >= 0.6 is 0 Å². The Morgan fingerprint density at radius 1 is 2.00 bits per heavy atom. The van der Waals surface area contributed by atoms with Crippen LogP contribution in [-0.4, -0.2) is 13.7 Å². The zero-order valence-electron chi connectivity index (χ0n) is 4.50. The van der Waals surface area contributed by atoms with E-state index in [1.165, 1.54) is 0 Å². The summed E-state index contributed by atoms with van der Waals surface area (Å²) in [6, 6.07) is 0. The molecule has 6 heavy (non-hydrogen) atoms. The molecule has 0 atom stereocenters. The van der Waals surface area contributed by atoms with E-state index >= 15 is 0 Å². The highest BCUT2D eigenvalue weighted by atomic mass is 15.2. The van der Waals surface area contributed by atoms with Crippen LogP contribution in [-0.2, 0) is 0 Å². The summed E-state index contributed by atoms with van der Waals surface area (Å²) in [5.74, 6) is 0. The van der Waals surface area contributed by atoms with Crippen molar-refractivity contribution in [1.82, 2.24) is 0 Å². The molecule has 0 rings (SSSR count). The Morgan fingerprint density at radius 3 is 3.33 bits per heavy atom. The van der Waals surface area contributed by atoms with Gasteiger partial charge in [-0.3, -0.25) is 0 Å². The van der Waals surface area contributed by atoms with Crippen molar-refractivity contribution in [1.29, 1.82) is 5.52 Å². The second kappa shape index (κ2) is 4.20. The first kappa shape index (κ1) is 3.39. The zero-order chi connectivity index (χ0) is 5.54. The van der Waals surface area contributed by atoms with E-state index in [-0.39, 0.29) is 6.67 Å². The fraction of sp³-hybridized carbons (Fsp3) is 1.00. The van der Waals surface area contributed by atoms with Gasteiger partial charge >= 0.3 is 0 Å². The Labute approximate surface area is 37.3 Å². The van der Waals surface area contributed by atoms with Gasteiger partial charge in [-0.1, -0.05) is 0 Å². The summed E-state index contributed by atoms with van der Waals surface area (Å²) < 4.78 is 6.14. The Bertz CT molecular complexity index is 67.8. The summed E-state index contributed by atoms with van der Waals surface area (Å²) >= 11 is 0. The van der Waals surface area contributed by atoms with Gasteiger partial charge in [-0.2, -0.15) is 15.3 Å². The maximum Gasteiger partial charge on any atom is 0.213 e. The van der Waals surface area contributed by atoms with Gasteiger partial charge in [0.05, 0.1) is 0 Å². The van der Waals surface area contributed by atoms with Gasteiger partial charge in [-0.25, -0.2) is 5.52 Å². The highest BCUT2D eigenvalue weighted by Gasteiger charge is 1.60. The van der Waals surface area contributed by atoms with E-state index in [1.54, 1.807) is 7.05 Å². The van der Waals surface area contributed by atoms with Gasteiger partial charge in [0.25, 0.3) is 0 Å². The third-order valence-electron chi connectivity index (χ3n) is 0.268. The number of nitrogens with zero attached hydrogens (tertiary/aromatic N) is 3. The monoisotopic (exact) mass is 87.1 g/mol. The molecule has 0 aliphatic rings. The van der Waals surface area contributed by atoms with Crippen LogP contribution in [0.3, 0.4) is 0 Å². The largest absolute Gasteiger partial charge is 0.213 e. The molecule has 4 heteroatoms. The summed E-state index contributed by atoms with van der Waals surface area (Å²) in [6.07, 6.45) is 0. The van der Waals surface area contributed by atoms with Crippen molar-refractivity contribution in [3.63, 3.8) is 0 Å². The zero-order valence-corrected chi connectivity index (χ0v) is 3.50. The Hall–Kier alpha value is -0.800. The predicted octanol–water partition coefficient (Wildman–Crippen LogP) is 1.06. The fourth-order valence-corrected chi connectivity index (χ4v) is 0.0915.